The molecule has 2 rings (SSSR count). The smallest absolute Gasteiger partial charge is 0.223 e. The van der Waals surface area contributed by atoms with Crippen LogP contribution in [0.3, 0.4) is 0 Å². The van der Waals surface area contributed by atoms with Gasteiger partial charge in [0.05, 0.1) is 16.8 Å². The van der Waals surface area contributed by atoms with Crippen LogP contribution in [0.15, 0.2) is 52.5 Å². The fourth-order valence-electron chi connectivity index (χ4n) is 1.32. The Labute approximate surface area is 99.0 Å². The highest BCUT2D eigenvalue weighted by Gasteiger charge is 2.18. The van der Waals surface area contributed by atoms with Crippen LogP contribution in [0.2, 0.25) is 0 Å². The number of nitrogens with two attached hydrogens (primary N) is 2. The van der Waals surface area contributed by atoms with Crippen molar-refractivity contribution in [3.8, 4) is 0 Å². The van der Waals surface area contributed by atoms with Crippen LogP contribution in [0, 0.1) is 0 Å². The Morgan fingerprint density at radius 3 is 2.00 bits per heavy atom. The predicted molar refractivity (Wildman–Crippen MR) is 65.0 cm³/mol. The number of pyridine rings is 1. The molecule has 5 nitrogen and oxygen atoms in total. The van der Waals surface area contributed by atoms with Gasteiger partial charge in [-0.2, -0.15) is 0 Å². The summed E-state index contributed by atoms with van der Waals surface area (Å²) in [5.41, 5.74) is 11.9. The summed E-state index contributed by atoms with van der Waals surface area (Å²) in [5.74, 6) is 0. The number of nitrogen functional groups attached to an aromatic ring is 2. The minimum atomic E-state index is -3.59. The number of aromatic nitrogens is 1. The lowest BCUT2D eigenvalue weighted by molar-refractivity contribution is 0.592. The van der Waals surface area contributed by atoms with E-state index in [0.29, 0.717) is 11.4 Å². The average Bonchev–Trinajstić information content (AvgIpc) is 2.30. The van der Waals surface area contributed by atoms with Crippen LogP contribution < -0.4 is 11.5 Å². The Morgan fingerprint density at radius 1 is 0.882 bits per heavy atom. The van der Waals surface area contributed by atoms with Gasteiger partial charge in [-0.05, 0) is 36.4 Å². The quantitative estimate of drug-likeness (QED) is 0.776. The second kappa shape index (κ2) is 4.06. The molecule has 0 saturated heterocycles. The summed E-state index contributed by atoms with van der Waals surface area (Å²) in [6, 6.07) is 8.83. The van der Waals surface area contributed by atoms with E-state index in [1.165, 1.54) is 42.6 Å². The second-order valence-electron chi connectivity index (χ2n) is 3.50. The molecule has 0 spiro atoms. The molecule has 88 valence electrons. The molecule has 6 heteroatoms. The molecule has 0 bridgehead atoms. The Bertz CT molecular complexity index is 567. The molecule has 1 aromatic carbocycles. The van der Waals surface area contributed by atoms with Crippen LogP contribution in [0.1, 0.15) is 0 Å². The first-order valence-corrected chi connectivity index (χ1v) is 6.30. The molecule has 1 aromatic heterocycles. The third-order valence-electron chi connectivity index (χ3n) is 2.22. The van der Waals surface area contributed by atoms with E-state index in [9.17, 15) is 8.42 Å². The van der Waals surface area contributed by atoms with Crippen LogP contribution in [0.25, 0.3) is 0 Å². The normalized spacial score (nSPS) is 11.3. The molecule has 0 aliphatic rings. The van der Waals surface area contributed by atoms with Crippen LogP contribution >= 0.6 is 0 Å². The standard InChI is InChI=1S/C11H11N3O2S/c12-8-1-4-10(5-2-8)17(15,16)11-6-3-9(13)7-14-11/h1-7H,12-13H2. The fraction of sp³-hybridized carbons (Fsp3) is 0. The summed E-state index contributed by atoms with van der Waals surface area (Å²) in [6.07, 6.45) is 1.31. The van der Waals surface area contributed by atoms with Gasteiger partial charge >= 0.3 is 0 Å². The van der Waals surface area contributed by atoms with Gasteiger partial charge in [-0.1, -0.05) is 0 Å². The zero-order chi connectivity index (χ0) is 12.5. The largest absolute Gasteiger partial charge is 0.399 e. The number of anilines is 2. The summed E-state index contributed by atoms with van der Waals surface area (Å²) in [6.45, 7) is 0. The zero-order valence-electron chi connectivity index (χ0n) is 8.87. The maximum Gasteiger partial charge on any atom is 0.223 e. The molecule has 4 N–H and O–H groups in total. The van der Waals surface area contributed by atoms with Gasteiger partial charge in [-0.25, -0.2) is 13.4 Å². The van der Waals surface area contributed by atoms with E-state index in [-0.39, 0.29) is 9.92 Å². The van der Waals surface area contributed by atoms with Crippen LogP contribution in [-0.2, 0) is 9.84 Å². The van der Waals surface area contributed by atoms with Crippen molar-refractivity contribution in [2.45, 2.75) is 9.92 Å². The van der Waals surface area contributed by atoms with E-state index >= 15 is 0 Å². The van der Waals surface area contributed by atoms with Crippen molar-refractivity contribution in [2.75, 3.05) is 11.5 Å². The number of hydrogen-bond donors (Lipinski definition) is 2. The first kappa shape index (κ1) is 11.4. The van der Waals surface area contributed by atoms with Crippen molar-refractivity contribution in [1.29, 1.82) is 0 Å². The Balaban J connectivity index is 2.50. The Kier molecular flexibility index (Phi) is 2.72. The molecule has 0 radical (unpaired) electrons. The van der Waals surface area contributed by atoms with Crippen LogP contribution in [0.5, 0.6) is 0 Å². The van der Waals surface area contributed by atoms with Gasteiger partial charge in [0.15, 0.2) is 5.03 Å². The van der Waals surface area contributed by atoms with Gasteiger partial charge in [0.2, 0.25) is 9.84 Å². The van der Waals surface area contributed by atoms with Gasteiger partial charge in [-0.15, -0.1) is 0 Å². The van der Waals surface area contributed by atoms with E-state index in [2.05, 4.69) is 4.98 Å². The topological polar surface area (TPSA) is 99.1 Å². The Morgan fingerprint density at radius 2 is 1.47 bits per heavy atom. The maximum absolute atomic E-state index is 12.1. The molecule has 17 heavy (non-hydrogen) atoms. The molecule has 0 saturated carbocycles. The van der Waals surface area contributed by atoms with Crippen LogP contribution in [0.4, 0.5) is 11.4 Å². The van der Waals surface area contributed by atoms with E-state index in [0.717, 1.165) is 0 Å². The van der Waals surface area contributed by atoms with Gasteiger partial charge in [0, 0.05) is 5.69 Å². The van der Waals surface area contributed by atoms with Crippen molar-refractivity contribution in [3.63, 3.8) is 0 Å². The highest BCUT2D eigenvalue weighted by molar-refractivity contribution is 7.91. The molecule has 1 heterocycles. The van der Waals surface area contributed by atoms with Crippen molar-refractivity contribution in [2.24, 2.45) is 0 Å². The van der Waals surface area contributed by atoms with Crippen molar-refractivity contribution in [3.05, 3.63) is 42.6 Å². The molecular formula is C11H11N3O2S. The van der Waals surface area contributed by atoms with Crippen molar-refractivity contribution in [1.82, 2.24) is 4.98 Å². The molecule has 0 fully saturated rings. The third-order valence-corrected chi connectivity index (χ3v) is 3.91. The summed E-state index contributed by atoms with van der Waals surface area (Å²) in [7, 11) is -3.59. The van der Waals surface area contributed by atoms with Gasteiger partial charge < -0.3 is 11.5 Å². The average molecular weight is 249 g/mol. The summed E-state index contributed by atoms with van der Waals surface area (Å²) in [4.78, 5) is 3.96. The maximum atomic E-state index is 12.1. The molecule has 0 amide bonds. The van der Waals surface area contributed by atoms with Gasteiger partial charge in [0.25, 0.3) is 0 Å². The molecule has 0 aliphatic carbocycles. The summed E-state index contributed by atoms with van der Waals surface area (Å²) < 4.78 is 24.2. The molecular weight excluding hydrogens is 238 g/mol. The second-order valence-corrected chi connectivity index (χ2v) is 5.40. The van der Waals surface area contributed by atoms with E-state index < -0.39 is 9.84 Å². The van der Waals surface area contributed by atoms with Gasteiger partial charge in [-0.3, -0.25) is 0 Å². The van der Waals surface area contributed by atoms with Crippen LogP contribution in [-0.4, -0.2) is 13.4 Å². The number of sulfone groups is 1. The number of nitrogens with zero attached hydrogens (tertiary/aromatic N) is 1. The lowest BCUT2D eigenvalue weighted by Gasteiger charge is -2.04. The lowest BCUT2D eigenvalue weighted by atomic mass is 10.3. The molecule has 0 aliphatic heterocycles. The van der Waals surface area contributed by atoms with E-state index in [1.807, 2.05) is 0 Å². The van der Waals surface area contributed by atoms with Gasteiger partial charge in [0.1, 0.15) is 0 Å². The summed E-state index contributed by atoms with van der Waals surface area (Å²) in [5, 5.41) is -0.0310. The highest BCUT2D eigenvalue weighted by atomic mass is 32.2. The monoisotopic (exact) mass is 249 g/mol. The minimum Gasteiger partial charge on any atom is -0.399 e. The number of rotatable bonds is 2. The van der Waals surface area contributed by atoms with E-state index in [1.54, 1.807) is 0 Å². The molecule has 0 unspecified atom stereocenters. The SMILES string of the molecule is Nc1ccc(S(=O)(=O)c2ccc(N)cn2)cc1. The highest BCUT2D eigenvalue weighted by Crippen LogP contribution is 2.20. The number of benzene rings is 1. The zero-order valence-corrected chi connectivity index (χ0v) is 9.68. The molecule has 0 atom stereocenters. The Hall–Kier alpha value is -2.08. The van der Waals surface area contributed by atoms with Crippen molar-refractivity contribution >= 4 is 21.2 Å². The number of hydrogen-bond acceptors (Lipinski definition) is 5. The third kappa shape index (κ3) is 2.21. The predicted octanol–water partition coefficient (Wildman–Crippen LogP) is 1.08. The minimum absolute atomic E-state index is 0.0310. The first-order valence-electron chi connectivity index (χ1n) is 4.82. The molecule has 2 aromatic rings. The lowest BCUT2D eigenvalue weighted by Crippen LogP contribution is -2.04. The summed E-state index contributed by atoms with van der Waals surface area (Å²) >= 11 is 0. The van der Waals surface area contributed by atoms with Crippen molar-refractivity contribution < 1.29 is 8.42 Å². The first-order chi connectivity index (χ1) is 8.00. The van der Waals surface area contributed by atoms with E-state index in [4.69, 9.17) is 11.5 Å². The fourth-order valence-corrected chi connectivity index (χ4v) is 2.49.